The van der Waals surface area contributed by atoms with Crippen LogP contribution in [0.15, 0.2) is 134 Å². The molecular formula is C29H24N2O. The lowest BCUT2D eigenvalue weighted by Gasteiger charge is -2.37. The lowest BCUT2D eigenvalue weighted by molar-refractivity contribution is 0.215. The summed E-state index contributed by atoms with van der Waals surface area (Å²) in [5, 5.41) is 11.0. The van der Waals surface area contributed by atoms with E-state index >= 15 is 0 Å². The number of hydrogen-bond donors (Lipinski definition) is 1. The van der Waals surface area contributed by atoms with Gasteiger partial charge in [0.15, 0.2) is 0 Å². The van der Waals surface area contributed by atoms with Gasteiger partial charge in [0.1, 0.15) is 11.6 Å². The minimum absolute atomic E-state index is 0.614. The zero-order chi connectivity index (χ0) is 21.8. The second-order valence-electron chi connectivity index (χ2n) is 7.83. The Morgan fingerprint density at radius 1 is 0.594 bits per heavy atom. The summed E-state index contributed by atoms with van der Waals surface area (Å²) in [4.78, 5) is 4.65. The van der Waals surface area contributed by atoms with E-state index in [9.17, 15) is 5.11 Å². The SMILES string of the molecule is OC(c1ccccc1)c1cn(C(c2ccccc2)(c2ccccc2)c2ccccc2)cn1. The Kier molecular flexibility index (Phi) is 5.40. The van der Waals surface area contributed by atoms with E-state index in [0.717, 1.165) is 22.3 Å². The fourth-order valence-electron chi connectivity index (χ4n) is 4.45. The van der Waals surface area contributed by atoms with Crippen LogP contribution in [0.5, 0.6) is 0 Å². The van der Waals surface area contributed by atoms with Crippen molar-refractivity contribution in [2.75, 3.05) is 0 Å². The van der Waals surface area contributed by atoms with E-state index in [1.54, 1.807) is 0 Å². The topological polar surface area (TPSA) is 38.0 Å². The van der Waals surface area contributed by atoms with Crippen molar-refractivity contribution < 1.29 is 5.11 Å². The molecule has 0 aliphatic heterocycles. The monoisotopic (exact) mass is 416 g/mol. The molecule has 32 heavy (non-hydrogen) atoms. The van der Waals surface area contributed by atoms with E-state index < -0.39 is 11.6 Å². The summed E-state index contributed by atoms with van der Waals surface area (Å²) >= 11 is 0. The number of nitrogens with zero attached hydrogens (tertiary/aromatic N) is 2. The molecular weight excluding hydrogens is 392 g/mol. The maximum atomic E-state index is 11.0. The average Bonchev–Trinajstić information content (AvgIpc) is 3.37. The van der Waals surface area contributed by atoms with Crippen molar-refractivity contribution in [1.29, 1.82) is 0 Å². The molecule has 3 nitrogen and oxygen atoms in total. The molecule has 0 bridgehead atoms. The van der Waals surface area contributed by atoms with Crippen LogP contribution in [0, 0.1) is 0 Å². The fourth-order valence-corrected chi connectivity index (χ4v) is 4.45. The van der Waals surface area contributed by atoms with Crippen LogP contribution < -0.4 is 0 Å². The standard InChI is InChI=1S/C29H24N2O/c32-28(23-13-5-1-6-14-23)27-21-31(22-30-27)29(24-15-7-2-8-16-24,25-17-9-3-10-18-25)26-19-11-4-12-20-26/h1-22,28,32H. The highest BCUT2D eigenvalue weighted by Gasteiger charge is 2.38. The highest BCUT2D eigenvalue weighted by Crippen LogP contribution is 2.41. The summed E-state index contributed by atoms with van der Waals surface area (Å²) in [7, 11) is 0. The molecule has 1 heterocycles. The van der Waals surface area contributed by atoms with Crippen molar-refractivity contribution >= 4 is 0 Å². The lowest BCUT2D eigenvalue weighted by Crippen LogP contribution is -2.37. The Hall–Kier alpha value is -3.95. The number of benzene rings is 4. The highest BCUT2D eigenvalue weighted by molar-refractivity contribution is 5.50. The first-order chi connectivity index (χ1) is 15.8. The van der Waals surface area contributed by atoms with Gasteiger partial charge in [0.2, 0.25) is 0 Å². The van der Waals surface area contributed by atoms with Crippen LogP contribution in [-0.2, 0) is 5.54 Å². The first-order valence-corrected chi connectivity index (χ1v) is 10.7. The summed E-state index contributed by atoms with van der Waals surface area (Å²) in [6.07, 6.45) is 3.00. The quantitative estimate of drug-likeness (QED) is 0.355. The third kappa shape index (κ3) is 3.43. The first kappa shape index (κ1) is 20.0. The molecule has 156 valence electrons. The molecule has 3 heteroatoms. The molecule has 0 spiro atoms. The van der Waals surface area contributed by atoms with E-state index in [2.05, 4.69) is 82.3 Å². The predicted molar refractivity (Wildman–Crippen MR) is 127 cm³/mol. The van der Waals surface area contributed by atoms with Crippen molar-refractivity contribution in [2.45, 2.75) is 11.6 Å². The Morgan fingerprint density at radius 3 is 1.44 bits per heavy atom. The minimum Gasteiger partial charge on any atom is -0.382 e. The highest BCUT2D eigenvalue weighted by atomic mass is 16.3. The fraction of sp³-hybridized carbons (Fsp3) is 0.0690. The number of hydrogen-bond acceptors (Lipinski definition) is 2. The van der Waals surface area contributed by atoms with Gasteiger partial charge < -0.3 is 9.67 Å². The molecule has 0 aliphatic carbocycles. The van der Waals surface area contributed by atoms with E-state index in [-0.39, 0.29) is 0 Å². The van der Waals surface area contributed by atoms with Gasteiger partial charge in [0, 0.05) is 6.20 Å². The zero-order valence-corrected chi connectivity index (χ0v) is 17.6. The van der Waals surface area contributed by atoms with E-state index in [4.69, 9.17) is 0 Å². The molecule has 0 saturated heterocycles. The molecule has 1 atom stereocenters. The number of aromatic nitrogens is 2. The van der Waals surface area contributed by atoms with Crippen molar-refractivity contribution in [3.63, 3.8) is 0 Å². The first-order valence-electron chi connectivity index (χ1n) is 10.7. The Labute approximate surface area is 188 Å². The summed E-state index contributed by atoms with van der Waals surface area (Å²) in [6.45, 7) is 0. The van der Waals surface area contributed by atoms with Gasteiger partial charge in [-0.1, -0.05) is 121 Å². The predicted octanol–water partition coefficient (Wildman–Crippen LogP) is 5.81. The van der Waals surface area contributed by atoms with Crippen LogP contribution in [0.2, 0.25) is 0 Å². The third-order valence-corrected chi connectivity index (χ3v) is 5.96. The van der Waals surface area contributed by atoms with Gasteiger partial charge in [-0.05, 0) is 22.3 Å². The van der Waals surface area contributed by atoms with E-state index in [1.807, 2.05) is 61.1 Å². The summed E-state index contributed by atoms with van der Waals surface area (Å²) < 4.78 is 2.12. The van der Waals surface area contributed by atoms with Crippen molar-refractivity contribution in [3.05, 3.63) is 162 Å². The zero-order valence-electron chi connectivity index (χ0n) is 17.6. The van der Waals surface area contributed by atoms with Gasteiger partial charge in [-0.25, -0.2) is 4.98 Å². The molecule has 0 fully saturated rings. The van der Waals surface area contributed by atoms with Gasteiger partial charge in [0.25, 0.3) is 0 Å². The van der Waals surface area contributed by atoms with Gasteiger partial charge in [-0.3, -0.25) is 0 Å². The average molecular weight is 417 g/mol. The Balaban J connectivity index is 1.75. The molecule has 0 amide bonds. The molecule has 0 radical (unpaired) electrons. The smallest absolute Gasteiger partial charge is 0.122 e. The van der Waals surface area contributed by atoms with Gasteiger partial charge in [-0.15, -0.1) is 0 Å². The molecule has 5 aromatic rings. The van der Waals surface area contributed by atoms with Gasteiger partial charge in [0.05, 0.1) is 12.0 Å². The van der Waals surface area contributed by atoms with E-state index in [0.29, 0.717) is 5.69 Å². The summed E-state index contributed by atoms with van der Waals surface area (Å²) in [6, 6.07) is 41.0. The maximum absolute atomic E-state index is 11.0. The largest absolute Gasteiger partial charge is 0.382 e. The molecule has 0 saturated carbocycles. The van der Waals surface area contributed by atoms with Crippen LogP contribution in [0.25, 0.3) is 0 Å². The minimum atomic E-state index is -0.794. The Morgan fingerprint density at radius 2 is 1.00 bits per heavy atom. The normalized spacial score (nSPS) is 12.4. The van der Waals surface area contributed by atoms with Crippen LogP contribution >= 0.6 is 0 Å². The van der Waals surface area contributed by atoms with Gasteiger partial charge >= 0.3 is 0 Å². The van der Waals surface area contributed by atoms with Crippen LogP contribution in [0.3, 0.4) is 0 Å². The van der Waals surface area contributed by atoms with Crippen LogP contribution in [0.4, 0.5) is 0 Å². The number of rotatable bonds is 6. The molecule has 1 N–H and O–H groups in total. The number of aliphatic hydroxyl groups excluding tert-OH is 1. The van der Waals surface area contributed by atoms with Crippen molar-refractivity contribution in [1.82, 2.24) is 9.55 Å². The number of aliphatic hydroxyl groups is 1. The second-order valence-corrected chi connectivity index (χ2v) is 7.83. The molecule has 1 unspecified atom stereocenters. The lowest BCUT2D eigenvalue weighted by atomic mass is 9.77. The third-order valence-electron chi connectivity index (χ3n) is 5.96. The van der Waals surface area contributed by atoms with Crippen molar-refractivity contribution in [2.24, 2.45) is 0 Å². The van der Waals surface area contributed by atoms with E-state index in [1.165, 1.54) is 0 Å². The van der Waals surface area contributed by atoms with Crippen molar-refractivity contribution in [3.8, 4) is 0 Å². The molecule has 1 aromatic heterocycles. The van der Waals surface area contributed by atoms with Crippen LogP contribution in [-0.4, -0.2) is 14.7 Å². The second kappa shape index (κ2) is 8.66. The summed E-state index contributed by atoms with van der Waals surface area (Å²) in [5.74, 6) is 0. The molecule has 0 aliphatic rings. The van der Waals surface area contributed by atoms with Gasteiger partial charge in [-0.2, -0.15) is 0 Å². The van der Waals surface area contributed by atoms with Crippen LogP contribution in [0.1, 0.15) is 34.1 Å². The maximum Gasteiger partial charge on any atom is 0.122 e. The molecule has 4 aromatic carbocycles. The molecule has 5 rings (SSSR count). The number of imidazole rings is 1. The summed E-state index contributed by atoms with van der Waals surface area (Å²) in [5.41, 5.74) is 4.17. The Bertz CT molecular complexity index is 1170.